The van der Waals surface area contributed by atoms with Gasteiger partial charge in [-0.1, -0.05) is 60.7 Å². The van der Waals surface area contributed by atoms with E-state index in [1.807, 2.05) is 48.5 Å². The van der Waals surface area contributed by atoms with Gasteiger partial charge < -0.3 is 14.9 Å². The molecule has 0 unspecified atom stereocenters. The fourth-order valence-corrected chi connectivity index (χ4v) is 13.3. The smallest absolute Gasteiger partial charge is 0.358 e. The van der Waals surface area contributed by atoms with E-state index in [0.29, 0.717) is 0 Å². The molecule has 0 bridgehead atoms. The standard InChI is InChI=1S/C30H40P2.C12H8.2CH3.2Ni/c1-21(2)31(22(3)4)29-15-11-9-13-27(29)25-17-19-26(20-18-25)28-14-10-12-16-30(28)32(23(5)6)24(7)8;1-3-7-11(8-4-1)12-9-5-2-6-10-12;;;;/h9-24H,1-8H3;1-7,9H;2*1H3;;/q;-2;2*-1;2*+2/p+2. The molecule has 4 heteroatoms. The van der Waals surface area contributed by atoms with Crippen LogP contribution in [0.2, 0.25) is 0 Å². The summed E-state index contributed by atoms with van der Waals surface area (Å²) in [6, 6.07) is 49.8. The summed E-state index contributed by atoms with van der Waals surface area (Å²) in [5.74, 6) is 0. The van der Waals surface area contributed by atoms with Crippen LogP contribution in [0.15, 0.2) is 121 Å². The summed E-state index contributed by atoms with van der Waals surface area (Å²) in [6.45, 7) is 19.2. The van der Waals surface area contributed by atoms with Crippen LogP contribution in [0.25, 0.3) is 33.4 Å². The molecule has 48 heavy (non-hydrogen) atoms. The minimum atomic E-state index is -0.627. The number of hydrogen-bond acceptors (Lipinski definition) is 0. The van der Waals surface area contributed by atoms with Crippen LogP contribution in [0.1, 0.15) is 55.4 Å². The van der Waals surface area contributed by atoms with Crippen LogP contribution in [0, 0.1) is 27.0 Å². The molecule has 0 atom stereocenters. The molecule has 5 rings (SSSR count). The molecule has 0 fully saturated rings. The fourth-order valence-electron chi connectivity index (χ4n) is 6.50. The van der Waals surface area contributed by atoms with Gasteiger partial charge in [0.2, 0.25) is 0 Å². The molecule has 0 aliphatic rings. The van der Waals surface area contributed by atoms with Crippen LogP contribution < -0.4 is 10.6 Å². The van der Waals surface area contributed by atoms with Crippen LogP contribution in [0.5, 0.6) is 0 Å². The minimum Gasteiger partial charge on any atom is -0.358 e. The van der Waals surface area contributed by atoms with Crippen molar-refractivity contribution in [3.8, 4) is 33.4 Å². The first kappa shape index (κ1) is 45.9. The molecule has 260 valence electrons. The van der Waals surface area contributed by atoms with Crippen molar-refractivity contribution in [1.29, 1.82) is 0 Å². The Balaban J connectivity index is 0.00000117. The number of hydrogen-bond donors (Lipinski definition) is 0. The Morgan fingerprint density at radius 2 is 0.688 bits per heavy atom. The van der Waals surface area contributed by atoms with Crippen LogP contribution in [0.3, 0.4) is 0 Å². The van der Waals surface area contributed by atoms with Crippen LogP contribution >= 0.6 is 15.8 Å². The van der Waals surface area contributed by atoms with E-state index in [4.69, 9.17) is 0 Å². The SMILES string of the molecule is CC(C)[PH+](c1ccccc1-c1ccc(-c2ccccc2[PH+](C(C)C)C(C)C)cc1)C(C)C.[CH3-].[CH3-].[Ni+2].[Ni+2].[c-]1ccccc1-c1[c-]cccc1. The Labute approximate surface area is 317 Å². The van der Waals surface area contributed by atoms with Gasteiger partial charge in [-0.2, -0.15) is 48.5 Å². The van der Waals surface area contributed by atoms with E-state index in [2.05, 4.69) is 140 Å². The van der Waals surface area contributed by atoms with Crippen molar-refractivity contribution in [2.75, 3.05) is 0 Å². The molecule has 0 amide bonds. The summed E-state index contributed by atoms with van der Waals surface area (Å²) in [6.07, 6.45) is 0. The predicted octanol–water partition coefficient (Wildman–Crippen LogP) is 12.2. The third kappa shape index (κ3) is 12.1. The maximum Gasteiger partial charge on any atom is 2.00 e. The zero-order valence-electron chi connectivity index (χ0n) is 30.5. The van der Waals surface area contributed by atoms with Crippen LogP contribution in [-0.4, -0.2) is 22.6 Å². The van der Waals surface area contributed by atoms with Gasteiger partial charge in [0.25, 0.3) is 0 Å². The van der Waals surface area contributed by atoms with Crippen molar-refractivity contribution in [2.24, 2.45) is 0 Å². The van der Waals surface area contributed by atoms with Crippen molar-refractivity contribution >= 4 is 26.5 Å². The molecule has 5 aromatic carbocycles. The Kier molecular flexibility index (Phi) is 21.7. The number of rotatable bonds is 9. The van der Waals surface area contributed by atoms with Gasteiger partial charge in [0, 0.05) is 27.0 Å². The van der Waals surface area contributed by atoms with E-state index in [9.17, 15) is 0 Å². The van der Waals surface area contributed by atoms with Crippen LogP contribution in [-0.2, 0) is 33.0 Å². The second kappa shape index (κ2) is 22.6. The Hall–Kier alpha value is -2.05. The monoisotopic (exact) mass is 762 g/mol. The molecule has 0 aliphatic carbocycles. The molecular weight excluding hydrogens is 708 g/mol. The minimum absolute atomic E-state index is 0. The summed E-state index contributed by atoms with van der Waals surface area (Å²) < 4.78 is 0. The average molecular weight is 764 g/mol. The van der Waals surface area contributed by atoms with Gasteiger partial charge in [-0.25, -0.2) is 11.1 Å². The van der Waals surface area contributed by atoms with Crippen molar-refractivity contribution in [3.63, 3.8) is 0 Å². The normalized spacial score (nSPS) is 10.5. The van der Waals surface area contributed by atoms with Crippen molar-refractivity contribution < 1.29 is 33.0 Å². The molecule has 0 heterocycles. The van der Waals surface area contributed by atoms with Crippen molar-refractivity contribution in [1.82, 2.24) is 0 Å². The van der Waals surface area contributed by atoms with E-state index in [-0.39, 0.29) is 47.8 Å². The topological polar surface area (TPSA) is 0 Å². The zero-order chi connectivity index (χ0) is 31.6. The summed E-state index contributed by atoms with van der Waals surface area (Å²) in [7, 11) is -1.25. The van der Waals surface area contributed by atoms with Gasteiger partial charge >= 0.3 is 33.0 Å². The maximum absolute atomic E-state index is 3.15. The molecule has 0 radical (unpaired) electrons. The molecule has 5 aromatic rings. The van der Waals surface area contributed by atoms with E-state index in [0.717, 1.165) is 33.8 Å². The summed E-state index contributed by atoms with van der Waals surface area (Å²) in [5.41, 5.74) is 10.6. The van der Waals surface area contributed by atoms with Gasteiger partial charge in [-0.05, 0) is 78.6 Å². The van der Waals surface area contributed by atoms with Gasteiger partial charge in [-0.15, -0.1) is 12.1 Å². The molecule has 0 saturated carbocycles. The second-order valence-corrected chi connectivity index (χ2v) is 20.3. The van der Waals surface area contributed by atoms with Gasteiger partial charge in [-0.3, -0.25) is 0 Å². The van der Waals surface area contributed by atoms with Gasteiger partial charge in [0.1, 0.15) is 0 Å². The Morgan fingerprint density at radius 3 is 0.958 bits per heavy atom. The average Bonchev–Trinajstić information content (AvgIpc) is 3.02. The molecule has 0 N–H and O–H groups in total. The molecule has 0 aromatic heterocycles. The van der Waals surface area contributed by atoms with Crippen LogP contribution in [0.4, 0.5) is 0 Å². The second-order valence-electron chi connectivity index (χ2n) is 12.8. The summed E-state index contributed by atoms with van der Waals surface area (Å²) >= 11 is 0. The Bertz CT molecular complexity index is 1430. The third-order valence-corrected chi connectivity index (χ3v) is 15.3. The van der Waals surface area contributed by atoms with Crippen molar-refractivity contribution in [3.05, 3.63) is 148 Å². The van der Waals surface area contributed by atoms with Gasteiger partial charge in [0.05, 0.1) is 33.2 Å². The third-order valence-electron chi connectivity index (χ3n) is 8.18. The summed E-state index contributed by atoms with van der Waals surface area (Å²) in [4.78, 5) is 0. The quantitative estimate of drug-likeness (QED) is 0.0797. The molecule has 0 saturated heterocycles. The molecular formula is C44H56Ni2P2+2. The molecule has 0 aliphatic heterocycles. The zero-order valence-corrected chi connectivity index (χ0v) is 34.5. The number of benzene rings is 5. The first-order valence-corrected chi connectivity index (χ1v) is 19.5. The van der Waals surface area contributed by atoms with E-state index in [1.54, 1.807) is 10.6 Å². The first-order chi connectivity index (χ1) is 21.2. The predicted molar refractivity (Wildman–Crippen MR) is 216 cm³/mol. The van der Waals surface area contributed by atoms with E-state index in [1.165, 1.54) is 22.3 Å². The molecule has 0 spiro atoms. The van der Waals surface area contributed by atoms with Crippen molar-refractivity contribution in [2.45, 2.75) is 78.0 Å². The maximum atomic E-state index is 3.15. The fraction of sp³-hybridized carbons (Fsp3) is 0.273. The van der Waals surface area contributed by atoms with E-state index < -0.39 is 15.8 Å². The molecule has 0 nitrogen and oxygen atoms in total. The first-order valence-electron chi connectivity index (χ1n) is 16.2. The largest absolute Gasteiger partial charge is 2.00 e. The van der Waals surface area contributed by atoms with E-state index >= 15 is 0 Å². The Morgan fingerprint density at radius 1 is 0.396 bits per heavy atom. The summed E-state index contributed by atoms with van der Waals surface area (Å²) in [5, 5.41) is 3.17. The van der Waals surface area contributed by atoms with Gasteiger partial charge in [0.15, 0.2) is 0 Å².